The third-order valence-electron chi connectivity index (χ3n) is 4.81. The number of pyridine rings is 1. The molecule has 5 nitrogen and oxygen atoms in total. The maximum absolute atomic E-state index is 6.23. The fourth-order valence-electron chi connectivity index (χ4n) is 3.72. The van der Waals surface area contributed by atoms with E-state index in [0.29, 0.717) is 5.82 Å². The number of hydrogen-bond donors (Lipinski definition) is 1. The van der Waals surface area contributed by atoms with Gasteiger partial charge in [0.15, 0.2) is 5.82 Å². The molecule has 3 aromatic heterocycles. The lowest BCUT2D eigenvalue weighted by molar-refractivity contribution is 0.827. The molecule has 25 heavy (non-hydrogen) atoms. The second-order valence-electron chi connectivity index (χ2n) is 6.32. The molecule has 1 aliphatic carbocycles. The molecule has 121 valence electrons. The predicted molar refractivity (Wildman–Crippen MR) is 99.8 cm³/mol. The molecule has 0 unspecified atom stereocenters. The van der Waals surface area contributed by atoms with Gasteiger partial charge in [-0.3, -0.25) is 4.98 Å². The Morgan fingerprint density at radius 2 is 1.96 bits per heavy atom. The van der Waals surface area contributed by atoms with Crippen molar-refractivity contribution in [3.05, 3.63) is 67.1 Å². The SMILES string of the molecule is C=C1C[CH]Cc2c1c(-c1cnc3ccccc3c1)c1c(N)ncnn21. The van der Waals surface area contributed by atoms with Crippen LogP contribution in [0.15, 0.2) is 49.4 Å². The molecular formula is C20H16N5. The van der Waals surface area contributed by atoms with E-state index in [1.807, 2.05) is 28.9 Å². The minimum atomic E-state index is 0.473. The number of benzene rings is 1. The molecule has 0 saturated carbocycles. The van der Waals surface area contributed by atoms with Crippen molar-refractivity contribution in [1.82, 2.24) is 19.6 Å². The lowest BCUT2D eigenvalue weighted by Crippen LogP contribution is -2.06. The summed E-state index contributed by atoms with van der Waals surface area (Å²) in [4.78, 5) is 8.83. The van der Waals surface area contributed by atoms with E-state index in [2.05, 4.69) is 40.2 Å². The topological polar surface area (TPSA) is 69.1 Å². The Hall–Kier alpha value is -3.21. The van der Waals surface area contributed by atoms with Crippen LogP contribution in [0.2, 0.25) is 0 Å². The van der Waals surface area contributed by atoms with Crippen LogP contribution in [0, 0.1) is 6.42 Å². The number of fused-ring (bicyclic) bond motifs is 4. The van der Waals surface area contributed by atoms with Crippen LogP contribution < -0.4 is 5.73 Å². The highest BCUT2D eigenvalue weighted by atomic mass is 15.3. The molecule has 5 rings (SSSR count). The van der Waals surface area contributed by atoms with Crippen molar-refractivity contribution < 1.29 is 0 Å². The first kappa shape index (κ1) is 14.2. The number of anilines is 1. The van der Waals surface area contributed by atoms with Gasteiger partial charge >= 0.3 is 0 Å². The average molecular weight is 326 g/mol. The minimum Gasteiger partial charge on any atom is -0.382 e. The van der Waals surface area contributed by atoms with Gasteiger partial charge in [-0.05, 0) is 37.0 Å². The van der Waals surface area contributed by atoms with Crippen molar-refractivity contribution in [2.24, 2.45) is 0 Å². The Bertz CT molecular complexity index is 1160. The summed E-state index contributed by atoms with van der Waals surface area (Å²) >= 11 is 0. The number of aromatic nitrogens is 4. The van der Waals surface area contributed by atoms with E-state index in [9.17, 15) is 0 Å². The van der Waals surface area contributed by atoms with Crippen LogP contribution >= 0.6 is 0 Å². The second kappa shape index (κ2) is 5.14. The Morgan fingerprint density at radius 3 is 2.88 bits per heavy atom. The molecule has 2 N–H and O–H groups in total. The number of nitrogens with two attached hydrogens (primary N) is 1. The van der Waals surface area contributed by atoms with Gasteiger partial charge in [0.05, 0.1) is 11.2 Å². The standard InChI is InChI=1S/C20H16N5/c1-12-5-4-8-16-17(12)18(19-20(21)23-11-24-25(16)19)14-9-13-6-2-3-7-15(13)22-10-14/h2-4,6-7,9-11H,1,5,8H2,(H2,21,23,24). The van der Waals surface area contributed by atoms with Gasteiger partial charge in [-0.1, -0.05) is 24.8 Å². The molecular weight excluding hydrogens is 310 g/mol. The molecule has 5 heteroatoms. The third-order valence-corrected chi connectivity index (χ3v) is 4.81. The van der Waals surface area contributed by atoms with Gasteiger partial charge in [-0.2, -0.15) is 5.10 Å². The fraction of sp³-hybridized carbons (Fsp3) is 0.100. The van der Waals surface area contributed by atoms with Crippen LogP contribution in [0.3, 0.4) is 0 Å². The summed E-state index contributed by atoms with van der Waals surface area (Å²) in [6, 6.07) is 10.2. The number of nitrogen functional groups attached to an aromatic ring is 1. The fourth-order valence-corrected chi connectivity index (χ4v) is 3.72. The molecule has 3 heterocycles. The van der Waals surface area contributed by atoms with Crippen molar-refractivity contribution in [1.29, 1.82) is 0 Å². The number of para-hydroxylation sites is 1. The van der Waals surface area contributed by atoms with Gasteiger partial charge in [0.1, 0.15) is 11.8 Å². The Balaban J connectivity index is 1.91. The zero-order valence-corrected chi connectivity index (χ0v) is 13.6. The summed E-state index contributed by atoms with van der Waals surface area (Å²) in [7, 11) is 0. The van der Waals surface area contributed by atoms with Crippen LogP contribution in [0.1, 0.15) is 17.7 Å². The number of allylic oxidation sites excluding steroid dienone is 1. The molecule has 0 bridgehead atoms. The molecule has 0 spiro atoms. The molecule has 0 amide bonds. The van der Waals surface area contributed by atoms with E-state index in [1.165, 1.54) is 6.33 Å². The Kier molecular flexibility index (Phi) is 2.91. The zero-order valence-electron chi connectivity index (χ0n) is 13.6. The quantitative estimate of drug-likeness (QED) is 0.579. The van der Waals surface area contributed by atoms with Gasteiger partial charge in [0.2, 0.25) is 0 Å². The monoisotopic (exact) mass is 326 g/mol. The molecule has 0 saturated heterocycles. The highest BCUT2D eigenvalue weighted by Crippen LogP contribution is 2.42. The van der Waals surface area contributed by atoms with E-state index in [1.54, 1.807) is 0 Å². The molecule has 0 aliphatic heterocycles. The second-order valence-corrected chi connectivity index (χ2v) is 6.32. The van der Waals surface area contributed by atoms with E-state index >= 15 is 0 Å². The predicted octanol–water partition coefficient (Wildman–Crippen LogP) is 3.69. The summed E-state index contributed by atoms with van der Waals surface area (Å²) in [5.74, 6) is 0.473. The molecule has 0 atom stereocenters. The number of rotatable bonds is 1. The first-order valence-electron chi connectivity index (χ1n) is 8.23. The van der Waals surface area contributed by atoms with Crippen LogP contribution in [0.5, 0.6) is 0 Å². The van der Waals surface area contributed by atoms with Crippen molar-refractivity contribution in [3.63, 3.8) is 0 Å². The van der Waals surface area contributed by atoms with Crippen LogP contribution in [0.25, 0.3) is 33.1 Å². The van der Waals surface area contributed by atoms with Gasteiger partial charge in [0.25, 0.3) is 0 Å². The van der Waals surface area contributed by atoms with E-state index in [4.69, 9.17) is 5.73 Å². The first-order chi connectivity index (χ1) is 12.2. The Morgan fingerprint density at radius 1 is 1.08 bits per heavy atom. The first-order valence-corrected chi connectivity index (χ1v) is 8.23. The third kappa shape index (κ3) is 1.99. The van der Waals surface area contributed by atoms with Crippen LogP contribution in [-0.2, 0) is 6.42 Å². The molecule has 1 radical (unpaired) electrons. The Labute approximate surface area is 144 Å². The average Bonchev–Trinajstić information content (AvgIpc) is 2.99. The van der Waals surface area contributed by atoms with Gasteiger partial charge in [0, 0.05) is 28.3 Å². The van der Waals surface area contributed by atoms with Crippen LogP contribution in [0.4, 0.5) is 5.82 Å². The van der Waals surface area contributed by atoms with Crippen molar-refractivity contribution in [3.8, 4) is 11.1 Å². The highest BCUT2D eigenvalue weighted by molar-refractivity contribution is 5.99. The lowest BCUT2D eigenvalue weighted by Gasteiger charge is -2.15. The maximum Gasteiger partial charge on any atom is 0.152 e. The summed E-state index contributed by atoms with van der Waals surface area (Å²) in [5, 5.41) is 5.54. The van der Waals surface area contributed by atoms with E-state index < -0.39 is 0 Å². The molecule has 4 aromatic rings. The summed E-state index contributed by atoms with van der Waals surface area (Å²) in [6.45, 7) is 4.27. The lowest BCUT2D eigenvalue weighted by atomic mass is 9.88. The maximum atomic E-state index is 6.23. The number of hydrogen-bond acceptors (Lipinski definition) is 4. The summed E-state index contributed by atoms with van der Waals surface area (Å²) < 4.78 is 1.91. The highest BCUT2D eigenvalue weighted by Gasteiger charge is 2.26. The van der Waals surface area contributed by atoms with Crippen molar-refractivity contribution in [2.45, 2.75) is 12.8 Å². The summed E-state index contributed by atoms with van der Waals surface area (Å²) in [6.07, 6.45) is 7.33. The van der Waals surface area contributed by atoms with Gasteiger partial charge in [-0.25, -0.2) is 9.50 Å². The van der Waals surface area contributed by atoms with E-state index in [0.717, 1.165) is 57.2 Å². The summed E-state index contributed by atoms with van der Waals surface area (Å²) in [5.41, 5.74) is 13.4. The van der Waals surface area contributed by atoms with Gasteiger partial charge < -0.3 is 5.73 Å². The molecule has 1 aliphatic rings. The largest absolute Gasteiger partial charge is 0.382 e. The van der Waals surface area contributed by atoms with E-state index in [-0.39, 0.29) is 0 Å². The minimum absolute atomic E-state index is 0.473. The smallest absolute Gasteiger partial charge is 0.152 e. The number of nitrogens with zero attached hydrogens (tertiary/aromatic N) is 4. The van der Waals surface area contributed by atoms with Crippen molar-refractivity contribution in [2.75, 3.05) is 5.73 Å². The van der Waals surface area contributed by atoms with Crippen LogP contribution in [-0.4, -0.2) is 19.6 Å². The van der Waals surface area contributed by atoms with Gasteiger partial charge in [-0.15, -0.1) is 0 Å². The van der Waals surface area contributed by atoms with Crippen molar-refractivity contribution >= 4 is 27.8 Å². The zero-order chi connectivity index (χ0) is 17.0. The molecule has 1 aromatic carbocycles. The molecule has 0 fully saturated rings. The normalized spacial score (nSPS) is 14.2.